The SMILES string of the molecule is COc1ccc([C@H](Cc2c(Cl)c[nH+]cc2Cl)OC(=O)c2ccc(CNC(C(=O)OCC3CCN(C)CC3)C3CCCCC3)s2)cc1OC. The van der Waals surface area contributed by atoms with Gasteiger partial charge in [-0.3, -0.25) is 10.1 Å². The van der Waals surface area contributed by atoms with Gasteiger partial charge in [-0.25, -0.2) is 9.78 Å². The van der Waals surface area contributed by atoms with Gasteiger partial charge in [0.1, 0.15) is 27.1 Å². The molecule has 9 nitrogen and oxygen atoms in total. The Labute approximate surface area is 297 Å². The summed E-state index contributed by atoms with van der Waals surface area (Å²) in [5.74, 6) is 1.09. The number of hydrogen-bond donors (Lipinski definition) is 1. The van der Waals surface area contributed by atoms with Crippen LogP contribution in [0.3, 0.4) is 0 Å². The molecule has 48 heavy (non-hydrogen) atoms. The summed E-state index contributed by atoms with van der Waals surface area (Å²) in [6.07, 6.45) is 10.4. The van der Waals surface area contributed by atoms with Crippen LogP contribution in [0.25, 0.3) is 0 Å². The third-order valence-electron chi connectivity index (χ3n) is 9.45. The van der Waals surface area contributed by atoms with E-state index in [9.17, 15) is 9.59 Å². The molecule has 0 bridgehead atoms. The van der Waals surface area contributed by atoms with Crippen LogP contribution in [0.15, 0.2) is 42.7 Å². The normalized spacial score (nSPS) is 17.4. The predicted octanol–water partition coefficient (Wildman–Crippen LogP) is 6.95. The van der Waals surface area contributed by atoms with Gasteiger partial charge >= 0.3 is 11.9 Å². The molecular weight excluding hydrogens is 673 g/mol. The van der Waals surface area contributed by atoms with E-state index in [4.69, 9.17) is 42.1 Å². The fourth-order valence-electron chi connectivity index (χ4n) is 6.55. The number of methoxy groups -OCH3 is 2. The van der Waals surface area contributed by atoms with Crippen LogP contribution in [0.2, 0.25) is 10.0 Å². The molecule has 2 atom stereocenters. The van der Waals surface area contributed by atoms with E-state index in [1.54, 1.807) is 44.8 Å². The van der Waals surface area contributed by atoms with Crippen molar-refractivity contribution in [2.75, 3.05) is 41.0 Å². The van der Waals surface area contributed by atoms with Gasteiger partial charge in [0.2, 0.25) is 0 Å². The van der Waals surface area contributed by atoms with Crippen LogP contribution in [0, 0.1) is 11.8 Å². The molecule has 3 aromatic rings. The molecule has 1 saturated carbocycles. The zero-order valence-corrected chi connectivity index (χ0v) is 30.2. The number of likely N-dealkylation sites (tertiary alicyclic amines) is 1. The van der Waals surface area contributed by atoms with Crippen molar-refractivity contribution in [1.29, 1.82) is 0 Å². The van der Waals surface area contributed by atoms with Crippen molar-refractivity contribution in [1.82, 2.24) is 10.2 Å². The number of nitrogens with one attached hydrogen (secondary N) is 2. The second kappa shape index (κ2) is 17.7. The zero-order chi connectivity index (χ0) is 34.0. The Morgan fingerprint density at radius 2 is 1.69 bits per heavy atom. The molecule has 5 rings (SSSR count). The van der Waals surface area contributed by atoms with Crippen molar-refractivity contribution < 1.29 is 33.5 Å². The summed E-state index contributed by atoms with van der Waals surface area (Å²) in [7, 11) is 5.25. The van der Waals surface area contributed by atoms with Crippen LogP contribution in [0.5, 0.6) is 11.5 Å². The third kappa shape index (κ3) is 9.63. The second-order valence-corrected chi connectivity index (χ2v) is 14.7. The van der Waals surface area contributed by atoms with Gasteiger partial charge in [-0.05, 0) is 87.5 Å². The van der Waals surface area contributed by atoms with Crippen molar-refractivity contribution in [3.8, 4) is 11.5 Å². The minimum atomic E-state index is -0.714. The highest BCUT2D eigenvalue weighted by Crippen LogP contribution is 2.36. The minimum Gasteiger partial charge on any atom is -0.493 e. The minimum absolute atomic E-state index is 0.161. The Bertz CT molecular complexity index is 1500. The van der Waals surface area contributed by atoms with E-state index in [0.717, 1.165) is 56.5 Å². The van der Waals surface area contributed by atoms with Gasteiger partial charge in [0, 0.05) is 23.4 Å². The number of aromatic amines is 1. The first-order valence-corrected chi connectivity index (χ1v) is 18.3. The number of thiophene rings is 1. The van der Waals surface area contributed by atoms with E-state index in [2.05, 4.69) is 22.2 Å². The molecule has 0 amide bonds. The molecule has 1 aliphatic heterocycles. The largest absolute Gasteiger partial charge is 0.493 e. The highest BCUT2D eigenvalue weighted by molar-refractivity contribution is 7.13. The molecule has 0 radical (unpaired) electrons. The number of aromatic nitrogens is 1. The molecule has 3 heterocycles. The van der Waals surface area contributed by atoms with Gasteiger partial charge in [-0.1, -0.05) is 48.5 Å². The maximum Gasteiger partial charge on any atom is 0.348 e. The number of ether oxygens (including phenoxy) is 4. The molecule has 1 aromatic carbocycles. The van der Waals surface area contributed by atoms with Gasteiger partial charge in [-0.15, -0.1) is 11.3 Å². The average Bonchev–Trinajstić information content (AvgIpc) is 3.58. The summed E-state index contributed by atoms with van der Waals surface area (Å²) in [5, 5.41) is 4.38. The maximum atomic E-state index is 13.6. The molecule has 12 heteroatoms. The van der Waals surface area contributed by atoms with Gasteiger partial charge < -0.3 is 23.8 Å². The first-order chi connectivity index (χ1) is 23.2. The number of nitrogens with zero attached hydrogens (tertiary/aromatic N) is 1. The molecule has 1 aliphatic carbocycles. The molecule has 2 aliphatic rings. The number of benzene rings is 1. The Morgan fingerprint density at radius 3 is 2.38 bits per heavy atom. The van der Waals surface area contributed by atoms with E-state index in [0.29, 0.717) is 56.6 Å². The van der Waals surface area contributed by atoms with E-state index < -0.39 is 12.1 Å². The molecule has 260 valence electrons. The highest BCUT2D eigenvalue weighted by atomic mass is 35.5. The number of carbonyl (C=O) groups excluding carboxylic acids is 2. The molecular formula is C36H46Cl2N3O6S+. The Kier molecular flexibility index (Phi) is 13.4. The van der Waals surface area contributed by atoms with Crippen LogP contribution in [0.4, 0.5) is 0 Å². The fourth-order valence-corrected chi connectivity index (χ4v) is 7.92. The van der Waals surface area contributed by atoms with E-state index in [-0.39, 0.29) is 24.3 Å². The summed E-state index contributed by atoms with van der Waals surface area (Å²) in [6, 6.07) is 8.68. The fraction of sp³-hybridized carbons (Fsp3) is 0.528. The molecule has 0 spiro atoms. The molecule has 2 aromatic heterocycles. The number of H-pyrrole nitrogens is 1. The predicted molar refractivity (Wildman–Crippen MR) is 187 cm³/mol. The molecule has 1 unspecified atom stereocenters. The van der Waals surface area contributed by atoms with E-state index in [1.807, 2.05) is 12.1 Å². The molecule has 1 saturated heterocycles. The van der Waals surface area contributed by atoms with Gasteiger partial charge in [0.05, 0.1) is 20.8 Å². The van der Waals surface area contributed by atoms with Crippen LogP contribution >= 0.6 is 34.5 Å². The third-order valence-corrected chi connectivity index (χ3v) is 11.2. The average molecular weight is 720 g/mol. The van der Waals surface area contributed by atoms with Crippen LogP contribution in [-0.2, 0) is 27.2 Å². The number of halogens is 2. The number of pyridine rings is 1. The Hall–Kier alpha value is -2.89. The number of rotatable bonds is 14. The Balaban J connectivity index is 1.27. The standard InChI is InChI=1S/C36H45Cl2N3O6S/c1-41-15-13-23(14-16-41)22-46-36(43)34(24-7-5-4-6-8-24)40-19-26-10-12-33(48-26)35(42)47-31(18-27-28(37)20-39-21-29(27)38)25-9-11-30(44-2)32(17-25)45-3/h9-12,17,20-21,23-24,31,34,40H,4-8,13-16,18-19,22H2,1-3H3/p+1/t31-,34?/m0/s1. The molecule has 2 fully saturated rings. The number of carbonyl (C=O) groups is 2. The molecule has 2 N–H and O–H groups in total. The lowest BCUT2D eigenvalue weighted by Gasteiger charge is -2.31. The monoisotopic (exact) mass is 718 g/mol. The van der Waals surface area contributed by atoms with Gasteiger partial charge in [-0.2, -0.15) is 0 Å². The highest BCUT2D eigenvalue weighted by Gasteiger charge is 2.32. The summed E-state index contributed by atoms with van der Waals surface area (Å²) in [6.45, 7) is 3.01. The van der Waals surface area contributed by atoms with Crippen molar-refractivity contribution in [2.45, 2.75) is 70.1 Å². The van der Waals surface area contributed by atoms with Crippen molar-refractivity contribution in [3.63, 3.8) is 0 Å². The summed E-state index contributed by atoms with van der Waals surface area (Å²) >= 11 is 14.3. The summed E-state index contributed by atoms with van der Waals surface area (Å²) in [4.78, 5) is 33.6. The van der Waals surface area contributed by atoms with Crippen LogP contribution < -0.4 is 19.8 Å². The van der Waals surface area contributed by atoms with E-state index in [1.165, 1.54) is 17.8 Å². The lowest BCUT2D eigenvalue weighted by Crippen LogP contribution is -2.45. The van der Waals surface area contributed by atoms with Crippen LogP contribution in [-0.4, -0.2) is 63.8 Å². The zero-order valence-electron chi connectivity index (χ0n) is 27.9. The van der Waals surface area contributed by atoms with Crippen molar-refractivity contribution >= 4 is 46.5 Å². The van der Waals surface area contributed by atoms with Crippen molar-refractivity contribution in [3.05, 3.63) is 73.7 Å². The number of hydrogen-bond acceptors (Lipinski definition) is 9. The first-order valence-electron chi connectivity index (χ1n) is 16.7. The number of esters is 2. The summed E-state index contributed by atoms with van der Waals surface area (Å²) in [5.41, 5.74) is 1.35. The smallest absolute Gasteiger partial charge is 0.348 e. The second-order valence-electron chi connectivity index (χ2n) is 12.7. The van der Waals surface area contributed by atoms with Gasteiger partial charge in [0.25, 0.3) is 0 Å². The first kappa shape index (κ1) is 36.4. The van der Waals surface area contributed by atoms with Gasteiger partial charge in [0.15, 0.2) is 23.9 Å². The lowest BCUT2D eigenvalue weighted by atomic mass is 9.84. The van der Waals surface area contributed by atoms with E-state index >= 15 is 0 Å². The number of piperidine rings is 1. The topological polar surface area (TPSA) is 100 Å². The lowest BCUT2D eigenvalue weighted by molar-refractivity contribution is -0.377. The van der Waals surface area contributed by atoms with Crippen molar-refractivity contribution in [2.24, 2.45) is 11.8 Å². The summed E-state index contributed by atoms with van der Waals surface area (Å²) < 4.78 is 23.0. The maximum absolute atomic E-state index is 13.6. The quantitative estimate of drug-likeness (QED) is 0.179. The van der Waals surface area contributed by atoms with Crippen LogP contribution in [0.1, 0.15) is 76.7 Å². The Morgan fingerprint density at radius 1 is 0.979 bits per heavy atom.